The lowest BCUT2D eigenvalue weighted by Gasteiger charge is -2.39. The van der Waals surface area contributed by atoms with Gasteiger partial charge in [-0.25, -0.2) is 9.98 Å². The fourth-order valence-corrected chi connectivity index (χ4v) is 7.88. The van der Waals surface area contributed by atoms with E-state index in [9.17, 15) is 4.79 Å². The molecule has 2 saturated carbocycles. The topological polar surface area (TPSA) is 74.5 Å². The van der Waals surface area contributed by atoms with E-state index in [-0.39, 0.29) is 5.56 Å². The normalized spacial score (nSPS) is 23.9. The van der Waals surface area contributed by atoms with E-state index in [0.29, 0.717) is 51.9 Å². The predicted molar refractivity (Wildman–Crippen MR) is 179 cm³/mol. The number of aromatic nitrogens is 2. The number of hydrogen-bond acceptors (Lipinski definition) is 4. The molecular formula is C34H44Cl2N6O. The van der Waals surface area contributed by atoms with Crippen molar-refractivity contribution in [2.75, 3.05) is 25.0 Å². The zero-order chi connectivity index (χ0) is 29.8. The van der Waals surface area contributed by atoms with E-state index in [4.69, 9.17) is 28.2 Å². The van der Waals surface area contributed by atoms with E-state index in [2.05, 4.69) is 27.4 Å². The molecule has 230 valence electrons. The summed E-state index contributed by atoms with van der Waals surface area (Å²) in [5.41, 5.74) is 2.50. The highest BCUT2D eigenvalue weighted by Gasteiger charge is 2.33. The van der Waals surface area contributed by atoms with Crippen LogP contribution in [-0.4, -0.2) is 52.1 Å². The largest absolute Gasteiger partial charge is 0.340 e. The first-order chi connectivity index (χ1) is 20.9. The number of rotatable bonds is 6. The van der Waals surface area contributed by atoms with Crippen LogP contribution in [0.2, 0.25) is 10.0 Å². The number of hydrogen-bond donors (Lipinski definition) is 2. The van der Waals surface area contributed by atoms with Gasteiger partial charge in [0, 0.05) is 48.0 Å². The van der Waals surface area contributed by atoms with Crippen LogP contribution in [0.5, 0.6) is 0 Å². The predicted octanol–water partition coefficient (Wildman–Crippen LogP) is 7.15. The highest BCUT2D eigenvalue weighted by atomic mass is 35.5. The maximum atomic E-state index is 13.4. The Balaban J connectivity index is 1.24. The Hall–Kier alpha value is -2.61. The quantitative estimate of drug-likeness (QED) is 0.226. The number of fused-ring (bicyclic) bond motifs is 1. The number of aliphatic imine (C=N–C) groups is 1. The molecule has 2 unspecified atom stereocenters. The molecule has 6 rings (SSSR count). The van der Waals surface area contributed by atoms with Crippen LogP contribution in [0.15, 0.2) is 52.5 Å². The summed E-state index contributed by atoms with van der Waals surface area (Å²) in [7, 11) is 0. The number of aryl methyl sites for hydroxylation is 2. The van der Waals surface area contributed by atoms with Gasteiger partial charge in [-0.1, -0.05) is 74.2 Å². The molecule has 1 aliphatic heterocycles. The Morgan fingerprint density at radius 1 is 1.05 bits per heavy atom. The minimum absolute atomic E-state index is 0.0519. The highest BCUT2D eigenvalue weighted by Crippen LogP contribution is 2.40. The number of halogens is 2. The second kappa shape index (κ2) is 14.0. The van der Waals surface area contributed by atoms with Gasteiger partial charge in [-0.15, -0.1) is 0 Å². The molecule has 0 amide bonds. The molecule has 9 heteroatoms. The van der Waals surface area contributed by atoms with Gasteiger partial charge in [-0.2, -0.15) is 0 Å². The molecule has 0 spiro atoms. The maximum Gasteiger partial charge on any atom is 0.261 e. The van der Waals surface area contributed by atoms with Gasteiger partial charge in [0.15, 0.2) is 5.96 Å². The van der Waals surface area contributed by atoms with Crippen molar-refractivity contribution in [3.8, 4) is 0 Å². The van der Waals surface area contributed by atoms with Crippen LogP contribution in [0.3, 0.4) is 0 Å². The third-order valence-electron chi connectivity index (χ3n) is 9.71. The molecule has 3 aromatic rings. The first-order valence-corrected chi connectivity index (χ1v) is 17.0. The standard InChI is InChI=1S/C34H44Cl2N6O/c1-23-21-41(18-16-37-23)34(40-31-10-6-5-9-28(31)24-7-3-2-4-8-24)39-27-13-14-29-32(20-27)38-22-42(33(29)43)17-15-25-11-12-26(35)19-30(25)36/h11-14,19-20,22-24,28,31,37H,2-10,15-18,21H2,1H3,(H,39,40)/t23-,28?,31?/m0/s1. The van der Waals surface area contributed by atoms with Crippen LogP contribution in [0.4, 0.5) is 5.69 Å². The number of guanidine groups is 1. The van der Waals surface area contributed by atoms with E-state index in [1.165, 1.54) is 57.8 Å². The van der Waals surface area contributed by atoms with Gasteiger partial charge in [-0.05, 0) is 73.9 Å². The van der Waals surface area contributed by atoms with Gasteiger partial charge in [0.2, 0.25) is 0 Å². The van der Waals surface area contributed by atoms with Crippen LogP contribution < -0.4 is 16.2 Å². The average Bonchev–Trinajstić information content (AvgIpc) is 3.02. The van der Waals surface area contributed by atoms with Crippen molar-refractivity contribution >= 4 is 45.8 Å². The number of nitrogens with one attached hydrogen (secondary N) is 2. The third-order valence-corrected chi connectivity index (χ3v) is 10.3. The van der Waals surface area contributed by atoms with Gasteiger partial charge in [0.25, 0.3) is 5.56 Å². The monoisotopic (exact) mass is 622 g/mol. The lowest BCUT2D eigenvalue weighted by Crippen LogP contribution is -2.53. The summed E-state index contributed by atoms with van der Waals surface area (Å²) >= 11 is 12.4. The average molecular weight is 624 g/mol. The van der Waals surface area contributed by atoms with Crippen molar-refractivity contribution in [1.82, 2.24) is 19.8 Å². The zero-order valence-electron chi connectivity index (χ0n) is 25.2. The molecule has 3 fully saturated rings. The molecular weight excluding hydrogens is 579 g/mol. The van der Waals surface area contributed by atoms with Crippen molar-refractivity contribution < 1.29 is 0 Å². The highest BCUT2D eigenvalue weighted by molar-refractivity contribution is 6.35. The van der Waals surface area contributed by atoms with Crippen LogP contribution in [-0.2, 0) is 13.0 Å². The summed E-state index contributed by atoms with van der Waals surface area (Å²) in [4.78, 5) is 26.0. The first-order valence-electron chi connectivity index (χ1n) is 16.2. The molecule has 2 aromatic carbocycles. The van der Waals surface area contributed by atoms with E-state index in [0.717, 1.165) is 42.8 Å². The smallest absolute Gasteiger partial charge is 0.261 e. The molecule has 3 aliphatic rings. The van der Waals surface area contributed by atoms with E-state index in [1.54, 1.807) is 17.0 Å². The van der Waals surface area contributed by atoms with Gasteiger partial charge < -0.3 is 15.5 Å². The van der Waals surface area contributed by atoms with Gasteiger partial charge in [0.05, 0.1) is 23.3 Å². The number of benzene rings is 2. The summed E-state index contributed by atoms with van der Waals surface area (Å²) in [5.74, 6) is 2.47. The van der Waals surface area contributed by atoms with Gasteiger partial charge in [0.1, 0.15) is 0 Å². The number of nitrogens with zero attached hydrogens (tertiary/aromatic N) is 4. The Morgan fingerprint density at radius 3 is 2.67 bits per heavy atom. The Kier molecular flexibility index (Phi) is 9.90. The van der Waals surface area contributed by atoms with Crippen LogP contribution >= 0.6 is 23.2 Å². The Bertz CT molecular complexity index is 1500. The number of piperazine rings is 1. The molecule has 43 heavy (non-hydrogen) atoms. The second-order valence-corrected chi connectivity index (χ2v) is 13.6. The minimum Gasteiger partial charge on any atom is -0.340 e. The maximum absolute atomic E-state index is 13.4. The fraction of sp³-hybridized carbons (Fsp3) is 0.559. The first kappa shape index (κ1) is 30.4. The van der Waals surface area contributed by atoms with Crippen molar-refractivity contribution in [2.45, 2.75) is 89.8 Å². The van der Waals surface area contributed by atoms with Crippen molar-refractivity contribution in [2.24, 2.45) is 16.8 Å². The van der Waals surface area contributed by atoms with Crippen LogP contribution in [0.1, 0.15) is 70.3 Å². The summed E-state index contributed by atoms with van der Waals surface area (Å²) in [6.45, 7) is 5.51. The summed E-state index contributed by atoms with van der Waals surface area (Å²) < 4.78 is 1.66. The molecule has 1 aromatic heterocycles. The number of anilines is 1. The lowest BCUT2D eigenvalue weighted by atomic mass is 9.71. The molecule has 2 heterocycles. The van der Waals surface area contributed by atoms with Crippen molar-refractivity contribution in [3.63, 3.8) is 0 Å². The van der Waals surface area contributed by atoms with E-state index in [1.807, 2.05) is 30.3 Å². The van der Waals surface area contributed by atoms with E-state index < -0.39 is 0 Å². The van der Waals surface area contributed by atoms with Crippen LogP contribution in [0, 0.1) is 11.8 Å². The van der Waals surface area contributed by atoms with E-state index >= 15 is 0 Å². The van der Waals surface area contributed by atoms with Gasteiger partial charge >= 0.3 is 0 Å². The summed E-state index contributed by atoms with van der Waals surface area (Å²) in [6, 6.07) is 12.1. The minimum atomic E-state index is -0.0519. The lowest BCUT2D eigenvalue weighted by molar-refractivity contribution is 0.171. The molecule has 3 atom stereocenters. The molecule has 7 nitrogen and oxygen atoms in total. The van der Waals surface area contributed by atoms with Crippen LogP contribution in [0.25, 0.3) is 10.9 Å². The van der Waals surface area contributed by atoms with Crippen molar-refractivity contribution in [3.05, 3.63) is 68.7 Å². The van der Waals surface area contributed by atoms with Crippen molar-refractivity contribution in [1.29, 1.82) is 0 Å². The fourth-order valence-electron chi connectivity index (χ4n) is 7.38. The molecule has 0 radical (unpaired) electrons. The third kappa shape index (κ3) is 7.38. The zero-order valence-corrected chi connectivity index (χ0v) is 26.7. The Labute approximate surface area is 265 Å². The van der Waals surface area contributed by atoms with Gasteiger partial charge in [-0.3, -0.25) is 9.36 Å². The molecule has 0 bridgehead atoms. The molecule has 2 N–H and O–H groups in total. The summed E-state index contributed by atoms with van der Waals surface area (Å²) in [6.07, 6.45) is 14.2. The SMILES string of the molecule is C[C@H]1CN(/C(=N/C2CCCCC2C2CCCCC2)Nc2ccc3c(=O)n(CCc4ccc(Cl)cc4Cl)cnc3c2)CCN1. The second-order valence-electron chi connectivity index (χ2n) is 12.8. The molecule has 2 aliphatic carbocycles. The Morgan fingerprint density at radius 2 is 1.86 bits per heavy atom. The summed E-state index contributed by atoms with van der Waals surface area (Å²) in [5, 5.41) is 9.09. The molecule has 1 saturated heterocycles.